The predicted molar refractivity (Wildman–Crippen MR) is 86.9 cm³/mol. The van der Waals surface area contributed by atoms with Crippen LogP contribution in [-0.2, 0) is 4.79 Å². The molecule has 4 heteroatoms. The number of ether oxygens (including phenoxy) is 1. The summed E-state index contributed by atoms with van der Waals surface area (Å²) < 4.78 is 5.88. The third-order valence-corrected chi connectivity index (χ3v) is 3.32. The molecule has 0 bridgehead atoms. The lowest BCUT2D eigenvalue weighted by Gasteiger charge is -2.19. The van der Waals surface area contributed by atoms with Crippen molar-refractivity contribution in [3.05, 3.63) is 29.3 Å². The second-order valence-electron chi connectivity index (χ2n) is 6.05. The van der Waals surface area contributed by atoms with E-state index in [2.05, 4.69) is 31.3 Å². The van der Waals surface area contributed by atoms with Crippen LogP contribution in [0.25, 0.3) is 0 Å². The number of nitrogens with zero attached hydrogens (tertiary/aromatic N) is 1. The molecule has 0 spiro atoms. The van der Waals surface area contributed by atoms with Crippen LogP contribution in [0.2, 0.25) is 0 Å². The Labute approximate surface area is 128 Å². The summed E-state index contributed by atoms with van der Waals surface area (Å²) in [4.78, 5) is 14.1. The van der Waals surface area contributed by atoms with Gasteiger partial charge in [-0.25, -0.2) is 0 Å². The molecule has 1 aromatic rings. The van der Waals surface area contributed by atoms with Gasteiger partial charge in [0.2, 0.25) is 0 Å². The fraction of sp³-hybridized carbons (Fsp3) is 0.588. The van der Waals surface area contributed by atoms with Crippen LogP contribution in [-0.4, -0.2) is 44.1 Å². The van der Waals surface area contributed by atoms with Crippen molar-refractivity contribution in [2.75, 3.05) is 27.2 Å². The van der Waals surface area contributed by atoms with Gasteiger partial charge in [0, 0.05) is 13.1 Å². The summed E-state index contributed by atoms with van der Waals surface area (Å²) in [7, 11) is 3.96. The molecule has 1 rings (SSSR count). The van der Waals surface area contributed by atoms with Crippen molar-refractivity contribution in [3.8, 4) is 5.75 Å². The van der Waals surface area contributed by atoms with Crippen molar-refractivity contribution in [1.82, 2.24) is 10.2 Å². The molecule has 0 saturated carbocycles. The number of likely N-dealkylation sites (N-methyl/N-ethyl adjacent to an activating group) is 1. The minimum absolute atomic E-state index is 0.0759. The monoisotopic (exact) mass is 292 g/mol. The average molecular weight is 292 g/mol. The van der Waals surface area contributed by atoms with Crippen molar-refractivity contribution < 1.29 is 9.53 Å². The van der Waals surface area contributed by atoms with Crippen LogP contribution in [0.15, 0.2) is 18.2 Å². The normalized spacial score (nSPS) is 12.6. The molecule has 0 aliphatic heterocycles. The molecule has 0 aliphatic rings. The van der Waals surface area contributed by atoms with Gasteiger partial charge in [0.05, 0.1) is 0 Å². The third kappa shape index (κ3) is 5.76. The lowest BCUT2D eigenvalue weighted by molar-refractivity contribution is -0.127. The van der Waals surface area contributed by atoms with Crippen LogP contribution in [0.5, 0.6) is 5.75 Å². The molecule has 0 aliphatic carbocycles. The van der Waals surface area contributed by atoms with Crippen molar-refractivity contribution in [1.29, 1.82) is 0 Å². The molecule has 1 N–H and O–H groups in total. The fourth-order valence-corrected chi connectivity index (χ4v) is 2.01. The molecule has 4 nitrogen and oxygen atoms in total. The Morgan fingerprint density at radius 1 is 1.29 bits per heavy atom. The maximum atomic E-state index is 12.0. The maximum Gasteiger partial charge on any atom is 0.260 e. The molecular weight excluding hydrogens is 264 g/mol. The van der Waals surface area contributed by atoms with Gasteiger partial charge in [-0.1, -0.05) is 26.0 Å². The number of hydrogen-bond donors (Lipinski definition) is 1. The SMILES string of the molecule is Cc1ccc(C(C)C)c(O[C@H](C)C(=O)NCCN(C)C)c1. The van der Waals surface area contributed by atoms with E-state index in [1.165, 1.54) is 0 Å². The summed E-state index contributed by atoms with van der Waals surface area (Å²) in [6.07, 6.45) is -0.494. The maximum absolute atomic E-state index is 12.0. The lowest BCUT2D eigenvalue weighted by Crippen LogP contribution is -2.39. The van der Waals surface area contributed by atoms with Gasteiger partial charge in [-0.05, 0) is 51.1 Å². The second kappa shape index (κ2) is 8.03. The quantitative estimate of drug-likeness (QED) is 0.840. The van der Waals surface area contributed by atoms with Gasteiger partial charge < -0.3 is 15.0 Å². The van der Waals surface area contributed by atoms with Gasteiger partial charge in [0.25, 0.3) is 5.91 Å². The van der Waals surface area contributed by atoms with E-state index in [1.54, 1.807) is 6.92 Å². The van der Waals surface area contributed by atoms with Crippen LogP contribution in [0.1, 0.15) is 37.8 Å². The van der Waals surface area contributed by atoms with Crippen LogP contribution < -0.4 is 10.1 Å². The van der Waals surface area contributed by atoms with Gasteiger partial charge in [0.15, 0.2) is 6.10 Å². The number of benzene rings is 1. The van der Waals surface area contributed by atoms with E-state index < -0.39 is 6.10 Å². The molecule has 0 fully saturated rings. The molecule has 0 heterocycles. The van der Waals surface area contributed by atoms with E-state index >= 15 is 0 Å². The summed E-state index contributed by atoms with van der Waals surface area (Å²) in [6.45, 7) is 9.51. The topological polar surface area (TPSA) is 41.6 Å². The first kappa shape index (κ1) is 17.5. The molecule has 0 saturated heterocycles. The molecule has 1 atom stereocenters. The van der Waals surface area contributed by atoms with Gasteiger partial charge in [-0.3, -0.25) is 4.79 Å². The fourth-order valence-electron chi connectivity index (χ4n) is 2.01. The molecular formula is C17H28N2O2. The number of aryl methyl sites for hydroxylation is 1. The van der Waals surface area contributed by atoms with Crippen molar-refractivity contribution in [2.45, 2.75) is 39.7 Å². The summed E-state index contributed by atoms with van der Waals surface area (Å²) in [6, 6.07) is 6.15. The van der Waals surface area contributed by atoms with E-state index in [-0.39, 0.29) is 5.91 Å². The van der Waals surface area contributed by atoms with Crippen LogP contribution in [0.4, 0.5) is 0 Å². The van der Waals surface area contributed by atoms with Crippen molar-refractivity contribution in [3.63, 3.8) is 0 Å². The highest BCUT2D eigenvalue weighted by molar-refractivity contribution is 5.80. The zero-order chi connectivity index (χ0) is 16.0. The Kier molecular flexibility index (Phi) is 6.69. The Morgan fingerprint density at radius 2 is 1.95 bits per heavy atom. The number of carbonyl (C=O) groups is 1. The predicted octanol–water partition coefficient (Wildman–Crippen LogP) is 2.56. The van der Waals surface area contributed by atoms with E-state index in [9.17, 15) is 4.79 Å². The van der Waals surface area contributed by atoms with E-state index in [4.69, 9.17) is 4.74 Å². The number of hydrogen-bond acceptors (Lipinski definition) is 3. The standard InChI is InChI=1S/C17H28N2O2/c1-12(2)15-8-7-13(3)11-16(15)21-14(4)17(20)18-9-10-19(5)6/h7-8,11-12,14H,9-10H2,1-6H3,(H,18,20)/t14-/m1/s1. The minimum atomic E-state index is -0.494. The Hall–Kier alpha value is -1.55. The van der Waals surface area contributed by atoms with Crippen molar-refractivity contribution >= 4 is 5.91 Å². The zero-order valence-corrected chi connectivity index (χ0v) is 14.1. The van der Waals surface area contributed by atoms with Gasteiger partial charge in [0.1, 0.15) is 5.75 Å². The third-order valence-electron chi connectivity index (χ3n) is 3.32. The highest BCUT2D eigenvalue weighted by Crippen LogP contribution is 2.28. The molecule has 0 unspecified atom stereocenters. The smallest absolute Gasteiger partial charge is 0.260 e. The second-order valence-corrected chi connectivity index (χ2v) is 6.05. The summed E-state index contributed by atoms with van der Waals surface area (Å²) >= 11 is 0. The first-order valence-electron chi connectivity index (χ1n) is 7.51. The molecule has 1 aromatic carbocycles. The number of rotatable bonds is 7. The van der Waals surface area contributed by atoms with Crippen LogP contribution in [0.3, 0.4) is 0 Å². The number of carbonyl (C=O) groups excluding carboxylic acids is 1. The largest absolute Gasteiger partial charge is 0.481 e. The zero-order valence-electron chi connectivity index (χ0n) is 14.1. The van der Waals surface area contributed by atoms with Gasteiger partial charge in [-0.2, -0.15) is 0 Å². The van der Waals surface area contributed by atoms with E-state index in [0.29, 0.717) is 12.5 Å². The highest BCUT2D eigenvalue weighted by Gasteiger charge is 2.17. The number of amides is 1. The molecule has 0 aromatic heterocycles. The number of nitrogens with one attached hydrogen (secondary N) is 1. The average Bonchev–Trinajstić information content (AvgIpc) is 2.37. The summed E-state index contributed by atoms with van der Waals surface area (Å²) in [5.41, 5.74) is 2.27. The molecule has 118 valence electrons. The highest BCUT2D eigenvalue weighted by atomic mass is 16.5. The van der Waals surface area contributed by atoms with E-state index in [1.807, 2.05) is 32.0 Å². The van der Waals surface area contributed by atoms with Gasteiger partial charge in [-0.15, -0.1) is 0 Å². The summed E-state index contributed by atoms with van der Waals surface area (Å²) in [5, 5.41) is 2.89. The minimum Gasteiger partial charge on any atom is -0.481 e. The summed E-state index contributed by atoms with van der Waals surface area (Å²) in [5.74, 6) is 1.10. The van der Waals surface area contributed by atoms with Crippen LogP contribution >= 0.6 is 0 Å². The molecule has 1 amide bonds. The lowest BCUT2D eigenvalue weighted by atomic mass is 10.0. The Bertz CT molecular complexity index is 470. The Balaban J connectivity index is 2.67. The first-order valence-corrected chi connectivity index (χ1v) is 7.51. The molecule has 0 radical (unpaired) electrons. The first-order chi connectivity index (χ1) is 9.81. The van der Waals surface area contributed by atoms with Crippen LogP contribution in [0, 0.1) is 6.92 Å². The Morgan fingerprint density at radius 3 is 2.52 bits per heavy atom. The van der Waals surface area contributed by atoms with Crippen molar-refractivity contribution in [2.24, 2.45) is 0 Å². The van der Waals surface area contributed by atoms with E-state index in [0.717, 1.165) is 23.4 Å². The molecule has 21 heavy (non-hydrogen) atoms. The van der Waals surface area contributed by atoms with Gasteiger partial charge >= 0.3 is 0 Å².